The van der Waals surface area contributed by atoms with Crippen LogP contribution in [0, 0.1) is 6.92 Å². The van der Waals surface area contributed by atoms with E-state index < -0.39 is 0 Å². The number of rotatable bonds is 9. The normalized spacial score (nSPS) is 12.4. The first-order chi connectivity index (χ1) is 10.0. The van der Waals surface area contributed by atoms with Gasteiger partial charge in [0.1, 0.15) is 0 Å². The molecule has 118 valence electrons. The van der Waals surface area contributed by atoms with Crippen LogP contribution in [-0.2, 0) is 4.79 Å². The van der Waals surface area contributed by atoms with Gasteiger partial charge in [0.05, 0.1) is 12.6 Å². The number of nitrogens with zero attached hydrogens (tertiary/aromatic N) is 1. The minimum Gasteiger partial charge on any atom is -0.396 e. The van der Waals surface area contributed by atoms with Gasteiger partial charge in [0.25, 0.3) is 0 Å². The van der Waals surface area contributed by atoms with Gasteiger partial charge in [-0.25, -0.2) is 0 Å². The third-order valence-corrected chi connectivity index (χ3v) is 3.64. The maximum absolute atomic E-state index is 12.0. The molecule has 1 aromatic carbocycles. The van der Waals surface area contributed by atoms with Crippen LogP contribution in [0.4, 0.5) is 0 Å². The molecule has 0 saturated heterocycles. The van der Waals surface area contributed by atoms with Gasteiger partial charge < -0.3 is 10.4 Å². The number of hydrogen-bond acceptors (Lipinski definition) is 3. The van der Waals surface area contributed by atoms with E-state index in [1.54, 1.807) is 0 Å². The summed E-state index contributed by atoms with van der Waals surface area (Å²) >= 11 is 0. The minimum absolute atomic E-state index is 0.0292. The van der Waals surface area contributed by atoms with Gasteiger partial charge in [-0.3, -0.25) is 9.69 Å². The van der Waals surface area contributed by atoms with Crippen molar-refractivity contribution < 1.29 is 9.90 Å². The molecule has 0 bridgehead atoms. The highest BCUT2D eigenvalue weighted by Crippen LogP contribution is 2.16. The fraction of sp³-hybridized carbons (Fsp3) is 0.588. The van der Waals surface area contributed by atoms with Crippen molar-refractivity contribution in [3.63, 3.8) is 0 Å². The Bertz CT molecular complexity index is 435. The van der Waals surface area contributed by atoms with Crippen molar-refractivity contribution >= 4 is 5.91 Å². The second kappa shape index (κ2) is 9.53. The van der Waals surface area contributed by atoms with Gasteiger partial charge >= 0.3 is 0 Å². The molecule has 0 radical (unpaired) electrons. The highest BCUT2D eigenvalue weighted by Gasteiger charge is 2.12. The number of amides is 1. The van der Waals surface area contributed by atoms with Gasteiger partial charge in [0.2, 0.25) is 5.91 Å². The van der Waals surface area contributed by atoms with Crippen molar-refractivity contribution in [1.82, 2.24) is 10.2 Å². The molecule has 0 aliphatic carbocycles. The molecule has 0 aliphatic heterocycles. The molecule has 4 nitrogen and oxygen atoms in total. The van der Waals surface area contributed by atoms with Gasteiger partial charge in [-0.2, -0.15) is 0 Å². The lowest BCUT2D eigenvalue weighted by atomic mass is 10.0. The summed E-state index contributed by atoms with van der Waals surface area (Å²) in [6.45, 7) is 5.62. The Balaban J connectivity index is 2.34. The molecule has 4 heteroatoms. The smallest absolute Gasteiger partial charge is 0.234 e. The van der Waals surface area contributed by atoms with Crippen LogP contribution in [0.15, 0.2) is 24.3 Å². The Morgan fingerprint density at radius 2 is 2.00 bits per heavy atom. The molecule has 0 aliphatic rings. The molecule has 0 fully saturated rings. The van der Waals surface area contributed by atoms with Crippen molar-refractivity contribution in [2.45, 2.75) is 39.2 Å². The van der Waals surface area contributed by atoms with Crippen molar-refractivity contribution in [1.29, 1.82) is 0 Å². The van der Waals surface area contributed by atoms with Crippen molar-refractivity contribution in [3.8, 4) is 0 Å². The first kappa shape index (κ1) is 17.7. The molecule has 1 unspecified atom stereocenters. The summed E-state index contributed by atoms with van der Waals surface area (Å²) in [6, 6.07) is 8.15. The van der Waals surface area contributed by atoms with Crippen LogP contribution in [0.2, 0.25) is 0 Å². The molecule has 0 spiro atoms. The van der Waals surface area contributed by atoms with E-state index in [-0.39, 0.29) is 18.6 Å². The Morgan fingerprint density at radius 3 is 2.67 bits per heavy atom. The van der Waals surface area contributed by atoms with E-state index in [0.29, 0.717) is 6.54 Å². The SMILES string of the molecule is Cc1ccccc1C(C)NC(=O)CN(C)CCCCCO. The summed E-state index contributed by atoms with van der Waals surface area (Å²) in [5.41, 5.74) is 2.36. The van der Waals surface area contributed by atoms with Gasteiger partial charge in [-0.15, -0.1) is 0 Å². The molecule has 0 heterocycles. The number of aliphatic hydroxyl groups is 1. The second-order valence-corrected chi connectivity index (χ2v) is 5.67. The quantitative estimate of drug-likeness (QED) is 0.687. The lowest BCUT2D eigenvalue weighted by Crippen LogP contribution is -2.37. The Kier molecular flexibility index (Phi) is 8.01. The Morgan fingerprint density at radius 1 is 1.29 bits per heavy atom. The van der Waals surface area contributed by atoms with Crippen LogP contribution >= 0.6 is 0 Å². The second-order valence-electron chi connectivity index (χ2n) is 5.67. The molecule has 2 N–H and O–H groups in total. The number of nitrogens with one attached hydrogen (secondary N) is 1. The molecule has 1 atom stereocenters. The fourth-order valence-electron chi connectivity index (χ4n) is 2.43. The Hall–Kier alpha value is -1.39. The van der Waals surface area contributed by atoms with Crippen LogP contribution < -0.4 is 5.32 Å². The van der Waals surface area contributed by atoms with Gasteiger partial charge in [-0.05, 0) is 57.8 Å². The molecule has 1 rings (SSSR count). The number of hydrogen-bond donors (Lipinski definition) is 2. The number of benzene rings is 1. The zero-order valence-electron chi connectivity index (χ0n) is 13.4. The maximum atomic E-state index is 12.0. The average molecular weight is 292 g/mol. The summed E-state index contributed by atoms with van der Waals surface area (Å²) in [6.07, 6.45) is 2.85. The zero-order chi connectivity index (χ0) is 15.7. The molecular weight excluding hydrogens is 264 g/mol. The number of carbonyl (C=O) groups is 1. The van der Waals surface area contributed by atoms with Gasteiger partial charge in [0.15, 0.2) is 0 Å². The van der Waals surface area contributed by atoms with Crippen LogP contribution in [0.5, 0.6) is 0 Å². The van der Waals surface area contributed by atoms with Crippen molar-refractivity contribution in [2.24, 2.45) is 0 Å². The lowest BCUT2D eigenvalue weighted by Gasteiger charge is -2.20. The molecular formula is C17H28N2O2. The largest absolute Gasteiger partial charge is 0.396 e. The molecule has 0 saturated carbocycles. The van der Waals surface area contributed by atoms with Gasteiger partial charge in [0, 0.05) is 6.61 Å². The molecule has 0 aromatic heterocycles. The highest BCUT2D eigenvalue weighted by molar-refractivity contribution is 5.78. The predicted molar refractivity (Wildman–Crippen MR) is 86.2 cm³/mol. The molecule has 1 aromatic rings. The number of unbranched alkanes of at least 4 members (excludes halogenated alkanes) is 2. The van der Waals surface area contributed by atoms with Crippen molar-refractivity contribution in [2.75, 3.05) is 26.7 Å². The standard InChI is InChI=1S/C17H28N2O2/c1-14-9-5-6-10-16(14)15(2)18-17(21)13-19(3)11-7-4-8-12-20/h5-6,9-10,15,20H,4,7-8,11-13H2,1-3H3,(H,18,21). The number of carbonyl (C=O) groups excluding carboxylic acids is 1. The lowest BCUT2D eigenvalue weighted by molar-refractivity contribution is -0.122. The average Bonchev–Trinajstić information content (AvgIpc) is 2.43. The van der Waals surface area contributed by atoms with Crippen LogP contribution in [0.1, 0.15) is 43.4 Å². The van der Waals surface area contributed by atoms with Crippen LogP contribution in [0.3, 0.4) is 0 Å². The third-order valence-electron chi connectivity index (χ3n) is 3.64. The van der Waals surface area contributed by atoms with E-state index in [9.17, 15) is 4.79 Å². The monoisotopic (exact) mass is 292 g/mol. The topological polar surface area (TPSA) is 52.6 Å². The fourth-order valence-corrected chi connectivity index (χ4v) is 2.43. The maximum Gasteiger partial charge on any atom is 0.234 e. The summed E-state index contributed by atoms with van der Waals surface area (Å²) < 4.78 is 0. The molecule has 21 heavy (non-hydrogen) atoms. The summed E-state index contributed by atoms with van der Waals surface area (Å²) in [5, 5.41) is 11.8. The van der Waals surface area contributed by atoms with Crippen molar-refractivity contribution in [3.05, 3.63) is 35.4 Å². The summed E-state index contributed by atoms with van der Waals surface area (Å²) in [4.78, 5) is 14.1. The first-order valence-corrected chi connectivity index (χ1v) is 7.69. The van der Waals surface area contributed by atoms with E-state index in [0.717, 1.165) is 31.4 Å². The van der Waals surface area contributed by atoms with Crippen LogP contribution in [0.25, 0.3) is 0 Å². The van der Waals surface area contributed by atoms with Gasteiger partial charge in [-0.1, -0.05) is 24.3 Å². The third kappa shape index (κ3) is 6.74. The summed E-state index contributed by atoms with van der Waals surface area (Å²) in [7, 11) is 1.96. The summed E-state index contributed by atoms with van der Waals surface area (Å²) in [5.74, 6) is 0.0513. The van der Waals surface area contributed by atoms with E-state index in [1.807, 2.05) is 31.0 Å². The van der Waals surface area contributed by atoms with E-state index >= 15 is 0 Å². The number of likely N-dealkylation sites (N-methyl/N-ethyl adjacent to an activating group) is 1. The first-order valence-electron chi connectivity index (χ1n) is 7.69. The van der Waals surface area contributed by atoms with E-state index in [1.165, 1.54) is 5.56 Å². The highest BCUT2D eigenvalue weighted by atomic mass is 16.2. The zero-order valence-corrected chi connectivity index (χ0v) is 13.4. The molecule has 1 amide bonds. The predicted octanol–water partition coefficient (Wildman–Crippen LogP) is 2.27. The minimum atomic E-state index is 0.0292. The van der Waals surface area contributed by atoms with E-state index in [4.69, 9.17) is 5.11 Å². The van der Waals surface area contributed by atoms with Crippen LogP contribution in [-0.4, -0.2) is 42.7 Å². The Labute approximate surface area is 128 Å². The number of aliphatic hydroxyl groups excluding tert-OH is 1. The number of aryl methyl sites for hydroxylation is 1. The van der Waals surface area contributed by atoms with E-state index in [2.05, 4.69) is 24.4 Å².